The Bertz CT molecular complexity index is 1020. The Labute approximate surface area is 172 Å². The molecule has 9 nitrogen and oxygen atoms in total. The highest BCUT2D eigenvalue weighted by molar-refractivity contribution is 6.35. The first kappa shape index (κ1) is 19.8. The number of carbonyl (C=O) groups is 2. The van der Waals surface area contributed by atoms with Gasteiger partial charge in [0.1, 0.15) is 10.7 Å². The van der Waals surface area contributed by atoms with Crippen molar-refractivity contribution in [1.29, 1.82) is 0 Å². The highest BCUT2D eigenvalue weighted by atomic mass is 16.6. The van der Waals surface area contributed by atoms with Crippen LogP contribution < -0.4 is 10.6 Å². The van der Waals surface area contributed by atoms with Gasteiger partial charge in [0, 0.05) is 29.9 Å². The van der Waals surface area contributed by atoms with Crippen LogP contribution in [0.3, 0.4) is 0 Å². The average molecular weight is 410 g/mol. The number of rotatable bonds is 6. The van der Waals surface area contributed by atoms with Crippen molar-refractivity contribution in [2.24, 2.45) is 0 Å². The Morgan fingerprint density at radius 2 is 2.03 bits per heavy atom. The van der Waals surface area contributed by atoms with E-state index in [1.165, 1.54) is 37.5 Å². The summed E-state index contributed by atoms with van der Waals surface area (Å²) in [6, 6.07) is 7.84. The van der Waals surface area contributed by atoms with Gasteiger partial charge in [-0.2, -0.15) is 0 Å². The number of likely N-dealkylation sites (tertiary alicyclic amines) is 1. The number of nitrogens with one attached hydrogen (secondary N) is 2. The van der Waals surface area contributed by atoms with Crippen LogP contribution in [0.2, 0.25) is 0 Å². The topological polar surface area (TPSA) is 118 Å². The lowest BCUT2D eigenvalue weighted by molar-refractivity contribution is -0.402. The van der Waals surface area contributed by atoms with Gasteiger partial charge in [-0.05, 0) is 56.3 Å². The van der Waals surface area contributed by atoms with Gasteiger partial charge >= 0.3 is 5.88 Å². The first-order chi connectivity index (χ1) is 14.5. The SMILES string of the molecule is O=C(CCN1CCCCC1)Nc1ccc2c(c1)/C(=C\c1ccc([N+](=O)[O-])o1)C(=O)N2. The number of nitro groups is 1. The summed E-state index contributed by atoms with van der Waals surface area (Å²) in [6.45, 7) is 2.82. The molecular weight excluding hydrogens is 388 g/mol. The predicted octanol–water partition coefficient (Wildman–Crippen LogP) is 3.50. The van der Waals surface area contributed by atoms with E-state index in [1.54, 1.807) is 18.2 Å². The summed E-state index contributed by atoms with van der Waals surface area (Å²) in [5, 5.41) is 16.4. The molecule has 0 atom stereocenters. The molecular formula is C21H22N4O5. The molecule has 2 aliphatic heterocycles. The number of nitrogens with zero attached hydrogens (tertiary/aromatic N) is 2. The third kappa shape index (κ3) is 4.41. The zero-order valence-electron chi connectivity index (χ0n) is 16.3. The normalized spacial score (nSPS) is 17.6. The van der Waals surface area contributed by atoms with Crippen LogP contribution in [0.4, 0.5) is 17.3 Å². The number of piperidine rings is 1. The Hall–Kier alpha value is -3.46. The number of hydrogen-bond donors (Lipinski definition) is 2. The molecule has 3 heterocycles. The quantitative estimate of drug-likeness (QED) is 0.428. The average Bonchev–Trinajstić information content (AvgIpc) is 3.33. The molecule has 1 fully saturated rings. The highest BCUT2D eigenvalue weighted by Crippen LogP contribution is 2.35. The molecule has 1 aromatic heterocycles. The van der Waals surface area contributed by atoms with Crippen molar-refractivity contribution in [3.05, 3.63) is 51.8 Å². The van der Waals surface area contributed by atoms with E-state index >= 15 is 0 Å². The van der Waals surface area contributed by atoms with Gasteiger partial charge in [-0.3, -0.25) is 19.7 Å². The zero-order valence-corrected chi connectivity index (χ0v) is 16.3. The second-order valence-electron chi connectivity index (χ2n) is 7.41. The standard InChI is InChI=1S/C21H22N4O5/c26-19(8-11-24-9-2-1-3-10-24)22-14-4-6-18-16(12-14)17(21(27)23-18)13-15-5-7-20(30-15)25(28)29/h4-7,12-13H,1-3,8-11H2,(H,22,26)(H,23,27)/b17-13+. The summed E-state index contributed by atoms with van der Waals surface area (Å²) in [7, 11) is 0. The van der Waals surface area contributed by atoms with Gasteiger partial charge in [-0.1, -0.05) is 6.42 Å². The van der Waals surface area contributed by atoms with E-state index in [2.05, 4.69) is 15.5 Å². The lowest BCUT2D eigenvalue weighted by Crippen LogP contribution is -2.32. The van der Waals surface area contributed by atoms with Gasteiger partial charge in [-0.25, -0.2) is 0 Å². The fraction of sp³-hybridized carbons (Fsp3) is 0.333. The maximum atomic E-state index is 12.3. The number of carbonyl (C=O) groups excluding carboxylic acids is 2. The second-order valence-corrected chi connectivity index (χ2v) is 7.41. The number of fused-ring (bicyclic) bond motifs is 1. The van der Waals surface area contributed by atoms with Gasteiger partial charge in [0.2, 0.25) is 5.91 Å². The third-order valence-electron chi connectivity index (χ3n) is 5.27. The van der Waals surface area contributed by atoms with Gasteiger partial charge in [0.25, 0.3) is 5.91 Å². The first-order valence-electron chi connectivity index (χ1n) is 9.93. The monoisotopic (exact) mass is 410 g/mol. The Kier molecular flexibility index (Phi) is 5.62. The van der Waals surface area contributed by atoms with E-state index in [0.717, 1.165) is 19.6 Å². The largest absolute Gasteiger partial charge is 0.433 e. The summed E-state index contributed by atoms with van der Waals surface area (Å²) < 4.78 is 5.12. The van der Waals surface area contributed by atoms with E-state index in [9.17, 15) is 19.7 Å². The minimum Gasteiger partial charge on any atom is -0.401 e. The molecule has 0 spiro atoms. The van der Waals surface area contributed by atoms with Crippen LogP contribution in [-0.2, 0) is 9.59 Å². The molecule has 0 aliphatic carbocycles. The minimum atomic E-state index is -0.637. The molecule has 30 heavy (non-hydrogen) atoms. The maximum Gasteiger partial charge on any atom is 0.433 e. The summed E-state index contributed by atoms with van der Waals surface area (Å²) in [5.74, 6) is -0.603. The van der Waals surface area contributed by atoms with E-state index in [-0.39, 0.29) is 17.6 Å². The summed E-state index contributed by atoms with van der Waals surface area (Å²) in [4.78, 5) is 37.1. The van der Waals surface area contributed by atoms with E-state index in [4.69, 9.17) is 4.42 Å². The van der Waals surface area contributed by atoms with Crippen LogP contribution in [-0.4, -0.2) is 41.3 Å². The van der Waals surface area contributed by atoms with Crippen LogP contribution in [0.5, 0.6) is 0 Å². The molecule has 0 bridgehead atoms. The van der Waals surface area contributed by atoms with Crippen LogP contribution >= 0.6 is 0 Å². The van der Waals surface area contributed by atoms with Crippen LogP contribution in [0.15, 0.2) is 34.7 Å². The van der Waals surface area contributed by atoms with Crippen molar-refractivity contribution in [1.82, 2.24) is 4.90 Å². The van der Waals surface area contributed by atoms with Gasteiger partial charge in [0.15, 0.2) is 0 Å². The highest BCUT2D eigenvalue weighted by Gasteiger charge is 2.25. The van der Waals surface area contributed by atoms with Crippen molar-refractivity contribution in [3.63, 3.8) is 0 Å². The van der Waals surface area contributed by atoms with Crippen LogP contribution in [0.1, 0.15) is 37.0 Å². The Morgan fingerprint density at radius 1 is 1.23 bits per heavy atom. The molecule has 156 valence electrons. The third-order valence-corrected chi connectivity index (χ3v) is 5.27. The summed E-state index contributed by atoms with van der Waals surface area (Å²) in [6.07, 6.45) is 5.48. The van der Waals surface area contributed by atoms with Crippen molar-refractivity contribution in [3.8, 4) is 0 Å². The second kappa shape index (κ2) is 8.50. The fourth-order valence-electron chi connectivity index (χ4n) is 3.74. The number of benzene rings is 1. The first-order valence-corrected chi connectivity index (χ1v) is 9.93. The lowest BCUT2D eigenvalue weighted by Gasteiger charge is -2.25. The Morgan fingerprint density at radius 3 is 2.77 bits per heavy atom. The summed E-state index contributed by atoms with van der Waals surface area (Å²) >= 11 is 0. The van der Waals surface area contributed by atoms with Crippen molar-refractivity contribution < 1.29 is 18.9 Å². The molecule has 1 saturated heterocycles. The maximum absolute atomic E-state index is 12.3. The molecule has 2 amide bonds. The predicted molar refractivity (Wildman–Crippen MR) is 112 cm³/mol. The molecule has 9 heteroatoms. The van der Waals surface area contributed by atoms with Crippen LogP contribution in [0, 0.1) is 10.1 Å². The van der Waals surface area contributed by atoms with Gasteiger partial charge in [-0.15, -0.1) is 0 Å². The van der Waals surface area contributed by atoms with Crippen molar-refractivity contribution >= 4 is 40.7 Å². The van der Waals surface area contributed by atoms with Crippen molar-refractivity contribution in [2.75, 3.05) is 30.3 Å². The van der Waals surface area contributed by atoms with Crippen molar-refractivity contribution in [2.45, 2.75) is 25.7 Å². The molecule has 4 rings (SSSR count). The molecule has 0 saturated carbocycles. The number of furan rings is 1. The van der Waals surface area contributed by atoms with Gasteiger partial charge < -0.3 is 20.0 Å². The molecule has 2 N–H and O–H groups in total. The molecule has 1 aromatic carbocycles. The Balaban J connectivity index is 1.46. The number of anilines is 2. The van der Waals surface area contributed by atoms with E-state index in [1.807, 2.05) is 0 Å². The van der Waals surface area contributed by atoms with E-state index < -0.39 is 10.8 Å². The fourth-order valence-corrected chi connectivity index (χ4v) is 3.74. The smallest absolute Gasteiger partial charge is 0.401 e. The lowest BCUT2D eigenvalue weighted by atomic mass is 10.1. The van der Waals surface area contributed by atoms with Crippen LogP contribution in [0.25, 0.3) is 11.6 Å². The molecule has 0 unspecified atom stereocenters. The molecule has 2 aliphatic rings. The van der Waals surface area contributed by atoms with E-state index in [0.29, 0.717) is 28.9 Å². The molecule has 0 radical (unpaired) electrons. The summed E-state index contributed by atoms with van der Waals surface area (Å²) in [5.41, 5.74) is 2.12. The number of hydrogen-bond acceptors (Lipinski definition) is 6. The van der Waals surface area contributed by atoms with Gasteiger partial charge in [0.05, 0.1) is 11.6 Å². The minimum absolute atomic E-state index is 0.0787. The molecule has 2 aromatic rings. The zero-order chi connectivity index (χ0) is 21.1. The number of amides is 2.